The lowest BCUT2D eigenvalue weighted by Gasteiger charge is -2.35. The second-order valence-electron chi connectivity index (χ2n) is 13.6. The summed E-state index contributed by atoms with van der Waals surface area (Å²) in [7, 11) is 0. The van der Waals surface area contributed by atoms with E-state index in [0.717, 1.165) is 11.4 Å². The first-order valence-corrected chi connectivity index (χ1v) is 17.8. The Morgan fingerprint density at radius 1 is 0.255 bits per heavy atom. The number of nitrogens with one attached hydrogen (secondary N) is 1. The Hall–Kier alpha value is -6.44. The Labute approximate surface area is 299 Å². The van der Waals surface area contributed by atoms with E-state index in [1.54, 1.807) is 0 Å². The lowest BCUT2D eigenvalue weighted by molar-refractivity contribution is 0.768. The van der Waals surface area contributed by atoms with Gasteiger partial charge in [-0.1, -0.05) is 194 Å². The van der Waals surface area contributed by atoms with Gasteiger partial charge in [0.2, 0.25) is 0 Å². The maximum Gasteiger partial charge on any atom is 0.0733 e. The van der Waals surface area contributed by atoms with Crippen LogP contribution < -0.4 is 5.32 Å². The third-order valence-electron chi connectivity index (χ3n) is 11.2. The molecule has 0 amide bonds. The average molecular weight is 650 g/mol. The molecular weight excluding hydrogens is 615 g/mol. The van der Waals surface area contributed by atoms with Crippen molar-refractivity contribution in [3.8, 4) is 22.3 Å². The standard InChI is InChI=1S/C50H35N/c1-4-19-35(20-5-1)49(36-21-6-2-7-22-36)43-30-15-12-27-40(43)48-45(49)32-18-34-47(48)51-46-33-17-16-31-44(46)50(37-23-8-3-9-24-37)41-28-13-10-25-38(41)39-26-11-14-29-42(39)50/h1-34,51H. The highest BCUT2D eigenvalue weighted by molar-refractivity contribution is 5.95. The number of anilines is 2. The Morgan fingerprint density at radius 2 is 0.627 bits per heavy atom. The van der Waals surface area contributed by atoms with Gasteiger partial charge in [0.15, 0.2) is 0 Å². The molecule has 2 aliphatic rings. The van der Waals surface area contributed by atoms with Crippen molar-refractivity contribution in [2.75, 3.05) is 5.32 Å². The Balaban J connectivity index is 1.24. The molecule has 0 aliphatic heterocycles. The molecule has 1 nitrogen and oxygen atoms in total. The van der Waals surface area contributed by atoms with E-state index in [1.165, 1.54) is 66.8 Å². The summed E-state index contributed by atoms with van der Waals surface area (Å²) < 4.78 is 0. The van der Waals surface area contributed by atoms with Crippen molar-refractivity contribution < 1.29 is 0 Å². The van der Waals surface area contributed by atoms with E-state index >= 15 is 0 Å². The first-order valence-electron chi connectivity index (χ1n) is 17.8. The van der Waals surface area contributed by atoms with Gasteiger partial charge in [-0.2, -0.15) is 0 Å². The molecule has 0 spiro atoms. The summed E-state index contributed by atoms with van der Waals surface area (Å²) in [6.07, 6.45) is 0. The molecule has 0 saturated heterocycles. The minimum Gasteiger partial charge on any atom is -0.355 e. The SMILES string of the molecule is c1ccc(C2(c3ccccc3)c3ccccc3-c3c(Nc4ccccc4C4(c5ccccc5)c5ccccc5-c5ccccc54)cccc32)cc1. The van der Waals surface area contributed by atoms with Crippen LogP contribution in [-0.2, 0) is 10.8 Å². The molecule has 1 heteroatoms. The van der Waals surface area contributed by atoms with Crippen molar-refractivity contribution in [2.24, 2.45) is 0 Å². The molecule has 240 valence electrons. The van der Waals surface area contributed by atoms with Gasteiger partial charge >= 0.3 is 0 Å². The minimum absolute atomic E-state index is 0.458. The van der Waals surface area contributed by atoms with Crippen LogP contribution in [0.3, 0.4) is 0 Å². The Kier molecular flexibility index (Phi) is 6.69. The minimum atomic E-state index is -0.508. The van der Waals surface area contributed by atoms with Crippen molar-refractivity contribution >= 4 is 11.4 Å². The molecule has 8 aromatic rings. The third kappa shape index (κ3) is 4.09. The van der Waals surface area contributed by atoms with E-state index in [2.05, 4.69) is 212 Å². The molecule has 0 radical (unpaired) electrons. The largest absolute Gasteiger partial charge is 0.355 e. The van der Waals surface area contributed by atoms with Crippen LogP contribution in [0.2, 0.25) is 0 Å². The summed E-state index contributed by atoms with van der Waals surface area (Å²) in [4.78, 5) is 0. The fraction of sp³-hybridized carbons (Fsp3) is 0.0400. The quantitative estimate of drug-likeness (QED) is 0.189. The fourth-order valence-electron chi connectivity index (χ4n) is 9.34. The smallest absolute Gasteiger partial charge is 0.0733 e. The highest BCUT2D eigenvalue weighted by Gasteiger charge is 2.48. The predicted molar refractivity (Wildman–Crippen MR) is 211 cm³/mol. The van der Waals surface area contributed by atoms with Crippen molar-refractivity contribution in [3.63, 3.8) is 0 Å². The van der Waals surface area contributed by atoms with Crippen LogP contribution in [0.1, 0.15) is 44.5 Å². The zero-order valence-electron chi connectivity index (χ0n) is 28.1. The summed E-state index contributed by atoms with van der Waals surface area (Å²) in [6.45, 7) is 0. The van der Waals surface area contributed by atoms with Gasteiger partial charge < -0.3 is 5.32 Å². The van der Waals surface area contributed by atoms with Gasteiger partial charge in [0, 0.05) is 16.9 Å². The van der Waals surface area contributed by atoms with Gasteiger partial charge in [-0.05, 0) is 73.3 Å². The van der Waals surface area contributed by atoms with E-state index < -0.39 is 10.8 Å². The topological polar surface area (TPSA) is 12.0 Å². The first-order chi connectivity index (χ1) is 25.3. The average Bonchev–Trinajstić information content (AvgIpc) is 3.69. The summed E-state index contributed by atoms with van der Waals surface area (Å²) in [5.74, 6) is 0. The van der Waals surface area contributed by atoms with E-state index in [0.29, 0.717) is 0 Å². The molecule has 0 unspecified atom stereocenters. The zero-order chi connectivity index (χ0) is 33.8. The highest BCUT2D eigenvalue weighted by atomic mass is 14.9. The maximum atomic E-state index is 4.09. The van der Waals surface area contributed by atoms with Crippen LogP contribution in [0.4, 0.5) is 11.4 Å². The molecule has 0 bridgehead atoms. The summed E-state index contributed by atoms with van der Waals surface area (Å²) in [5, 5.41) is 4.09. The van der Waals surface area contributed by atoms with Crippen molar-refractivity contribution in [1.29, 1.82) is 0 Å². The molecule has 0 atom stereocenters. The Morgan fingerprint density at radius 3 is 1.18 bits per heavy atom. The fourth-order valence-corrected chi connectivity index (χ4v) is 9.34. The van der Waals surface area contributed by atoms with Gasteiger partial charge in [0.25, 0.3) is 0 Å². The molecule has 0 fully saturated rings. The van der Waals surface area contributed by atoms with Crippen LogP contribution in [0.15, 0.2) is 206 Å². The van der Waals surface area contributed by atoms with Gasteiger partial charge in [0.1, 0.15) is 0 Å². The molecule has 1 N–H and O–H groups in total. The van der Waals surface area contributed by atoms with Gasteiger partial charge in [-0.15, -0.1) is 0 Å². The lowest BCUT2D eigenvalue weighted by Crippen LogP contribution is -2.29. The number of hydrogen-bond acceptors (Lipinski definition) is 1. The second-order valence-corrected chi connectivity index (χ2v) is 13.6. The van der Waals surface area contributed by atoms with Crippen LogP contribution in [-0.4, -0.2) is 0 Å². The molecule has 0 saturated carbocycles. The highest BCUT2D eigenvalue weighted by Crippen LogP contribution is 2.60. The Bertz CT molecular complexity index is 2460. The first kappa shape index (κ1) is 29.5. The molecule has 0 heterocycles. The van der Waals surface area contributed by atoms with Gasteiger partial charge in [-0.3, -0.25) is 0 Å². The van der Waals surface area contributed by atoms with E-state index in [4.69, 9.17) is 0 Å². The second kappa shape index (κ2) is 11.6. The van der Waals surface area contributed by atoms with Crippen molar-refractivity contribution in [3.05, 3.63) is 251 Å². The maximum absolute atomic E-state index is 4.09. The number of rotatable bonds is 6. The summed E-state index contributed by atoms with van der Waals surface area (Å²) in [5.41, 5.74) is 16.5. The summed E-state index contributed by atoms with van der Waals surface area (Å²) in [6, 6.07) is 75.7. The van der Waals surface area contributed by atoms with E-state index in [1.807, 2.05) is 0 Å². The van der Waals surface area contributed by atoms with E-state index in [-0.39, 0.29) is 0 Å². The normalized spacial score (nSPS) is 14.2. The van der Waals surface area contributed by atoms with E-state index in [9.17, 15) is 0 Å². The molecule has 10 rings (SSSR count). The van der Waals surface area contributed by atoms with Crippen LogP contribution in [0.25, 0.3) is 22.3 Å². The van der Waals surface area contributed by atoms with Crippen LogP contribution >= 0.6 is 0 Å². The lowest BCUT2D eigenvalue weighted by atomic mass is 9.67. The molecule has 8 aromatic carbocycles. The molecule has 2 aliphatic carbocycles. The monoisotopic (exact) mass is 649 g/mol. The number of hydrogen-bond donors (Lipinski definition) is 1. The van der Waals surface area contributed by atoms with Crippen molar-refractivity contribution in [1.82, 2.24) is 0 Å². The van der Waals surface area contributed by atoms with Gasteiger partial charge in [-0.25, -0.2) is 0 Å². The predicted octanol–water partition coefficient (Wildman–Crippen LogP) is 12.2. The van der Waals surface area contributed by atoms with Crippen LogP contribution in [0, 0.1) is 0 Å². The van der Waals surface area contributed by atoms with Crippen LogP contribution in [0.5, 0.6) is 0 Å². The molecule has 0 aromatic heterocycles. The zero-order valence-corrected chi connectivity index (χ0v) is 28.1. The molecular formula is C50H35N. The number of para-hydroxylation sites is 1. The number of benzene rings is 8. The van der Waals surface area contributed by atoms with Crippen molar-refractivity contribution in [2.45, 2.75) is 10.8 Å². The van der Waals surface area contributed by atoms with Gasteiger partial charge in [0.05, 0.1) is 10.8 Å². The number of fused-ring (bicyclic) bond motifs is 6. The third-order valence-corrected chi connectivity index (χ3v) is 11.2. The summed E-state index contributed by atoms with van der Waals surface area (Å²) >= 11 is 0. The molecule has 51 heavy (non-hydrogen) atoms.